The van der Waals surface area contributed by atoms with Crippen LogP contribution in [0.15, 0.2) is 47.4 Å². The lowest BCUT2D eigenvalue weighted by Gasteiger charge is -2.37. The van der Waals surface area contributed by atoms with Crippen LogP contribution in [0.1, 0.15) is 39.0 Å². The van der Waals surface area contributed by atoms with Gasteiger partial charge in [-0.05, 0) is 55.0 Å². The molecule has 33 heavy (non-hydrogen) atoms. The van der Waals surface area contributed by atoms with Gasteiger partial charge in [0.05, 0.1) is 10.8 Å². The number of piperidine rings is 2. The smallest absolute Gasteiger partial charge is 0.243 e. The van der Waals surface area contributed by atoms with E-state index in [1.54, 1.807) is 12.1 Å². The Bertz CT molecular complexity index is 1110. The molecule has 8 heteroatoms. The van der Waals surface area contributed by atoms with Crippen LogP contribution in [0.4, 0.5) is 0 Å². The lowest BCUT2D eigenvalue weighted by atomic mass is 9.92. The second-order valence-corrected chi connectivity index (χ2v) is 11.0. The molecule has 0 bridgehead atoms. The van der Waals surface area contributed by atoms with Crippen molar-refractivity contribution < 1.29 is 18.0 Å². The molecule has 178 valence electrons. The third kappa shape index (κ3) is 5.22. The van der Waals surface area contributed by atoms with Crippen molar-refractivity contribution in [1.29, 1.82) is 0 Å². The third-order valence-electron chi connectivity index (χ3n) is 6.81. The molecule has 2 aromatic carbocycles. The summed E-state index contributed by atoms with van der Waals surface area (Å²) in [5, 5.41) is 4.84. The summed E-state index contributed by atoms with van der Waals surface area (Å²) in [5.41, 5.74) is 0. The maximum absolute atomic E-state index is 13.2. The monoisotopic (exact) mass is 471 g/mol. The van der Waals surface area contributed by atoms with Gasteiger partial charge in [0.15, 0.2) is 0 Å². The zero-order valence-corrected chi connectivity index (χ0v) is 20.0. The van der Waals surface area contributed by atoms with Crippen LogP contribution in [0.2, 0.25) is 0 Å². The highest BCUT2D eigenvalue weighted by atomic mass is 32.2. The lowest BCUT2D eigenvalue weighted by molar-refractivity contribution is -0.140. The molecule has 0 aromatic heterocycles. The first kappa shape index (κ1) is 23.7. The van der Waals surface area contributed by atoms with E-state index in [-0.39, 0.29) is 23.7 Å². The highest BCUT2D eigenvalue weighted by molar-refractivity contribution is 7.89. The molecule has 0 radical (unpaired) electrons. The van der Waals surface area contributed by atoms with E-state index in [9.17, 15) is 18.0 Å². The summed E-state index contributed by atoms with van der Waals surface area (Å²) in [6.07, 6.45) is 3.54. The number of fused-ring (bicyclic) bond motifs is 1. The summed E-state index contributed by atoms with van der Waals surface area (Å²) in [7, 11) is -3.60. The predicted molar refractivity (Wildman–Crippen MR) is 128 cm³/mol. The Morgan fingerprint density at radius 3 is 2.42 bits per heavy atom. The minimum Gasteiger partial charge on any atom is -0.356 e. The van der Waals surface area contributed by atoms with E-state index in [1.165, 1.54) is 4.31 Å². The Balaban J connectivity index is 1.36. The molecule has 1 unspecified atom stereocenters. The maximum Gasteiger partial charge on any atom is 0.243 e. The van der Waals surface area contributed by atoms with Crippen molar-refractivity contribution >= 4 is 32.6 Å². The fourth-order valence-corrected chi connectivity index (χ4v) is 6.37. The zero-order valence-electron chi connectivity index (χ0n) is 19.2. The van der Waals surface area contributed by atoms with Crippen LogP contribution in [0.25, 0.3) is 10.8 Å². The Morgan fingerprint density at radius 1 is 0.970 bits per heavy atom. The fraction of sp³-hybridized carbons (Fsp3) is 0.520. The van der Waals surface area contributed by atoms with Crippen LogP contribution >= 0.6 is 0 Å². The molecule has 7 nitrogen and oxygen atoms in total. The van der Waals surface area contributed by atoms with E-state index in [0.717, 1.165) is 30.0 Å². The number of nitrogens with one attached hydrogen (secondary N) is 1. The molecule has 2 aliphatic heterocycles. The standard InChI is InChI=1S/C25H33N3O4S/c1-2-13-26-24(29)22-8-5-14-27(18-22)25(30)20-11-15-28(16-12-20)33(31,32)23-10-9-19-6-3-4-7-21(19)17-23/h3-4,6-7,9-10,17,20,22H,2,5,8,11-16,18H2,1H3,(H,26,29). The van der Waals surface area contributed by atoms with Crippen LogP contribution in [-0.4, -0.2) is 62.2 Å². The van der Waals surface area contributed by atoms with Gasteiger partial charge in [-0.1, -0.05) is 37.3 Å². The molecular weight excluding hydrogens is 438 g/mol. The maximum atomic E-state index is 13.2. The number of sulfonamides is 1. The number of rotatable bonds is 6. The fourth-order valence-electron chi connectivity index (χ4n) is 4.86. The molecular formula is C25H33N3O4S. The molecule has 1 atom stereocenters. The van der Waals surface area contributed by atoms with Gasteiger partial charge in [-0.2, -0.15) is 4.31 Å². The number of hydrogen-bond acceptors (Lipinski definition) is 4. The SMILES string of the molecule is CCCNC(=O)C1CCCN(C(=O)C2CCN(S(=O)(=O)c3ccc4ccccc4c3)CC2)C1. The Hall–Kier alpha value is -2.45. The van der Waals surface area contributed by atoms with Gasteiger partial charge in [0.1, 0.15) is 0 Å². The van der Waals surface area contributed by atoms with Crippen LogP contribution in [0, 0.1) is 11.8 Å². The van der Waals surface area contributed by atoms with Gasteiger partial charge >= 0.3 is 0 Å². The number of hydrogen-bond donors (Lipinski definition) is 1. The number of carbonyl (C=O) groups is 2. The summed E-state index contributed by atoms with van der Waals surface area (Å²) in [5.74, 6) is -0.246. The van der Waals surface area contributed by atoms with Crippen molar-refractivity contribution in [3.05, 3.63) is 42.5 Å². The van der Waals surface area contributed by atoms with E-state index in [1.807, 2.05) is 42.2 Å². The third-order valence-corrected chi connectivity index (χ3v) is 8.71. The molecule has 2 amide bonds. The van der Waals surface area contributed by atoms with E-state index in [2.05, 4.69) is 5.32 Å². The molecule has 2 aliphatic rings. The van der Waals surface area contributed by atoms with Gasteiger partial charge in [0, 0.05) is 38.6 Å². The normalized spacial score (nSPS) is 20.6. The van der Waals surface area contributed by atoms with Crippen molar-refractivity contribution in [2.45, 2.75) is 43.9 Å². The van der Waals surface area contributed by atoms with Crippen LogP contribution in [0.5, 0.6) is 0 Å². The van der Waals surface area contributed by atoms with E-state index in [4.69, 9.17) is 0 Å². The zero-order chi connectivity index (χ0) is 23.4. The topological polar surface area (TPSA) is 86.8 Å². The van der Waals surface area contributed by atoms with Crippen LogP contribution in [0.3, 0.4) is 0 Å². The van der Waals surface area contributed by atoms with Crippen molar-refractivity contribution in [2.75, 3.05) is 32.7 Å². The van der Waals surface area contributed by atoms with E-state index in [0.29, 0.717) is 50.5 Å². The second kappa shape index (κ2) is 10.2. The van der Waals surface area contributed by atoms with Crippen LogP contribution < -0.4 is 5.32 Å². The average Bonchev–Trinajstić information content (AvgIpc) is 2.86. The molecule has 2 aromatic rings. The highest BCUT2D eigenvalue weighted by Gasteiger charge is 2.36. The van der Waals surface area contributed by atoms with Gasteiger partial charge in [-0.25, -0.2) is 8.42 Å². The first-order chi connectivity index (χ1) is 15.9. The molecule has 0 spiro atoms. The minimum absolute atomic E-state index is 0.0330. The van der Waals surface area contributed by atoms with Gasteiger partial charge in [0.2, 0.25) is 21.8 Å². The van der Waals surface area contributed by atoms with Gasteiger partial charge in [-0.15, -0.1) is 0 Å². The number of benzene rings is 2. The number of likely N-dealkylation sites (tertiary alicyclic amines) is 1. The van der Waals surface area contributed by atoms with Gasteiger partial charge < -0.3 is 10.2 Å². The van der Waals surface area contributed by atoms with Crippen molar-refractivity contribution in [2.24, 2.45) is 11.8 Å². The number of amides is 2. The van der Waals surface area contributed by atoms with Gasteiger partial charge in [-0.3, -0.25) is 9.59 Å². The van der Waals surface area contributed by atoms with Crippen molar-refractivity contribution in [3.63, 3.8) is 0 Å². The molecule has 0 saturated carbocycles. The summed E-state index contributed by atoms with van der Waals surface area (Å²) in [6, 6.07) is 12.9. The van der Waals surface area contributed by atoms with Crippen molar-refractivity contribution in [1.82, 2.24) is 14.5 Å². The Morgan fingerprint density at radius 2 is 1.70 bits per heavy atom. The Labute approximate surface area is 196 Å². The predicted octanol–water partition coefficient (Wildman–Crippen LogP) is 3.01. The Kier molecular flexibility index (Phi) is 7.34. The summed E-state index contributed by atoms with van der Waals surface area (Å²) >= 11 is 0. The summed E-state index contributed by atoms with van der Waals surface area (Å²) in [6.45, 7) is 4.48. The molecule has 0 aliphatic carbocycles. The van der Waals surface area contributed by atoms with Crippen LogP contribution in [-0.2, 0) is 19.6 Å². The average molecular weight is 472 g/mol. The van der Waals surface area contributed by atoms with Crippen molar-refractivity contribution in [3.8, 4) is 0 Å². The largest absolute Gasteiger partial charge is 0.356 e. The molecule has 2 saturated heterocycles. The second-order valence-electron chi connectivity index (χ2n) is 9.10. The first-order valence-electron chi connectivity index (χ1n) is 12.0. The van der Waals surface area contributed by atoms with E-state index >= 15 is 0 Å². The number of carbonyl (C=O) groups excluding carboxylic acids is 2. The summed E-state index contributed by atoms with van der Waals surface area (Å²) in [4.78, 5) is 27.6. The highest BCUT2D eigenvalue weighted by Crippen LogP contribution is 2.28. The number of nitrogens with zero attached hydrogens (tertiary/aromatic N) is 2. The molecule has 2 heterocycles. The molecule has 2 fully saturated rings. The molecule has 1 N–H and O–H groups in total. The minimum atomic E-state index is -3.60. The summed E-state index contributed by atoms with van der Waals surface area (Å²) < 4.78 is 27.9. The first-order valence-corrected chi connectivity index (χ1v) is 13.4. The quantitative estimate of drug-likeness (QED) is 0.702. The molecule has 4 rings (SSSR count). The lowest BCUT2D eigenvalue weighted by Crippen LogP contribution is -2.49. The van der Waals surface area contributed by atoms with Gasteiger partial charge in [0.25, 0.3) is 0 Å². The van der Waals surface area contributed by atoms with E-state index < -0.39 is 10.0 Å².